The maximum atomic E-state index is 11.4. The van der Waals surface area contributed by atoms with Crippen LogP contribution in [0.5, 0.6) is 5.88 Å². The Kier molecular flexibility index (Phi) is 7.54. The lowest BCUT2D eigenvalue weighted by Gasteiger charge is -2.13. The number of carbonyl (C=O) groups is 2. The molecule has 2 aromatic heterocycles. The van der Waals surface area contributed by atoms with Gasteiger partial charge < -0.3 is 15.0 Å². The smallest absolute Gasteiger partial charge is 0.223 e. The molecule has 2 heterocycles. The number of ether oxygens (including phenoxy) is 1. The van der Waals surface area contributed by atoms with Gasteiger partial charge in [0.15, 0.2) is 0 Å². The Hall–Kier alpha value is -3.22. The number of amides is 1. The van der Waals surface area contributed by atoms with Crippen LogP contribution in [0.15, 0.2) is 36.5 Å². The third kappa shape index (κ3) is 5.23. The molecule has 0 spiro atoms. The van der Waals surface area contributed by atoms with Crippen molar-refractivity contribution in [2.45, 2.75) is 51.5 Å². The van der Waals surface area contributed by atoms with Crippen molar-refractivity contribution in [2.75, 3.05) is 7.11 Å². The van der Waals surface area contributed by atoms with Gasteiger partial charge >= 0.3 is 0 Å². The number of hydrogen-bond acceptors (Lipinski definition) is 5. The van der Waals surface area contributed by atoms with E-state index in [9.17, 15) is 9.59 Å². The number of aromatic nitrogens is 3. The molecule has 0 aliphatic rings. The number of unbranched alkanes of at least 4 members (excludes halogenated alkanes) is 2. The third-order valence-electron chi connectivity index (χ3n) is 5.21. The molecule has 0 fully saturated rings. The molecule has 30 heavy (non-hydrogen) atoms. The molecular weight excluding hydrogens is 380 g/mol. The first kappa shape index (κ1) is 21.5. The fourth-order valence-electron chi connectivity index (χ4n) is 3.50. The zero-order valence-electron chi connectivity index (χ0n) is 17.5. The first-order valence-electron chi connectivity index (χ1n) is 10.4. The van der Waals surface area contributed by atoms with E-state index in [2.05, 4.69) is 20.3 Å². The first-order valence-corrected chi connectivity index (χ1v) is 10.4. The highest BCUT2D eigenvalue weighted by atomic mass is 16.5. The number of imidazole rings is 1. The second-order valence-electron chi connectivity index (χ2n) is 7.25. The van der Waals surface area contributed by atoms with Crippen molar-refractivity contribution >= 4 is 23.1 Å². The van der Waals surface area contributed by atoms with Crippen molar-refractivity contribution in [3.05, 3.63) is 42.4 Å². The van der Waals surface area contributed by atoms with Crippen LogP contribution in [-0.2, 0) is 9.59 Å². The van der Waals surface area contributed by atoms with E-state index in [-0.39, 0.29) is 6.04 Å². The van der Waals surface area contributed by atoms with Gasteiger partial charge in [-0.3, -0.25) is 9.59 Å². The number of H-pyrrole nitrogens is 1. The predicted octanol–water partition coefficient (Wildman–Crippen LogP) is 4.35. The third-order valence-corrected chi connectivity index (χ3v) is 5.21. The summed E-state index contributed by atoms with van der Waals surface area (Å²) in [5, 5.41) is 3.85. The van der Waals surface area contributed by atoms with Crippen molar-refractivity contribution in [3.8, 4) is 17.1 Å². The van der Waals surface area contributed by atoms with E-state index in [1.54, 1.807) is 13.3 Å². The van der Waals surface area contributed by atoms with Gasteiger partial charge in [0.1, 0.15) is 11.6 Å². The summed E-state index contributed by atoms with van der Waals surface area (Å²) >= 11 is 0. The molecule has 0 aliphatic heterocycles. The molecule has 0 radical (unpaired) electrons. The Bertz CT molecular complexity index is 999. The van der Waals surface area contributed by atoms with Crippen molar-refractivity contribution in [1.82, 2.24) is 20.3 Å². The summed E-state index contributed by atoms with van der Waals surface area (Å²) in [6.45, 7) is 1.89. The summed E-state index contributed by atoms with van der Waals surface area (Å²) in [4.78, 5) is 34.9. The number of pyridine rings is 1. The number of para-hydroxylation sites is 1. The standard InChI is InChI=1S/C23H28N4O3/c1-3-17(29)10-5-4-6-12-20(25-15-28)22-24-14-21(26-22)18-13-16-9-7-8-11-19(16)27-23(18)30-2/h7-9,11,13-15,20H,3-6,10,12H2,1-2H3,(H,24,26)(H,25,28)/t20-/m0/s1. The van der Waals surface area contributed by atoms with Gasteiger partial charge in [-0.25, -0.2) is 9.97 Å². The number of methoxy groups -OCH3 is 1. The second-order valence-corrected chi connectivity index (χ2v) is 7.25. The summed E-state index contributed by atoms with van der Waals surface area (Å²) in [5.74, 6) is 1.51. The molecule has 0 unspecified atom stereocenters. The molecule has 3 rings (SSSR count). The molecule has 0 saturated carbocycles. The molecule has 0 aliphatic carbocycles. The first-order chi connectivity index (χ1) is 14.7. The van der Waals surface area contributed by atoms with Crippen LogP contribution in [-0.4, -0.2) is 34.3 Å². The van der Waals surface area contributed by atoms with Crippen molar-refractivity contribution in [2.24, 2.45) is 0 Å². The summed E-state index contributed by atoms with van der Waals surface area (Å²) in [5.41, 5.74) is 2.46. The van der Waals surface area contributed by atoms with E-state index in [4.69, 9.17) is 4.74 Å². The van der Waals surface area contributed by atoms with Crippen molar-refractivity contribution in [3.63, 3.8) is 0 Å². The highest BCUT2D eigenvalue weighted by Gasteiger charge is 2.17. The fraction of sp³-hybridized carbons (Fsp3) is 0.391. The Morgan fingerprint density at radius 1 is 1.27 bits per heavy atom. The predicted molar refractivity (Wildman–Crippen MR) is 116 cm³/mol. The van der Waals surface area contributed by atoms with Gasteiger partial charge in [0.2, 0.25) is 12.3 Å². The van der Waals surface area contributed by atoms with Gasteiger partial charge in [0, 0.05) is 18.2 Å². The van der Waals surface area contributed by atoms with Crippen LogP contribution >= 0.6 is 0 Å². The summed E-state index contributed by atoms with van der Waals surface area (Å²) in [6, 6.07) is 9.66. The van der Waals surface area contributed by atoms with Gasteiger partial charge in [-0.15, -0.1) is 0 Å². The zero-order chi connectivity index (χ0) is 21.3. The molecule has 1 amide bonds. The quantitative estimate of drug-likeness (QED) is 0.343. The Balaban J connectivity index is 1.73. The molecule has 0 bridgehead atoms. The molecule has 3 aromatic rings. The van der Waals surface area contributed by atoms with E-state index in [1.807, 2.05) is 37.3 Å². The number of benzene rings is 1. The lowest BCUT2D eigenvalue weighted by Crippen LogP contribution is -2.20. The van der Waals surface area contributed by atoms with E-state index in [0.29, 0.717) is 36.7 Å². The summed E-state index contributed by atoms with van der Waals surface area (Å²) in [7, 11) is 1.60. The van der Waals surface area contributed by atoms with Crippen molar-refractivity contribution < 1.29 is 14.3 Å². The average Bonchev–Trinajstić information content (AvgIpc) is 3.26. The second kappa shape index (κ2) is 10.5. The number of nitrogens with zero attached hydrogens (tertiary/aromatic N) is 2. The normalized spacial score (nSPS) is 11.9. The molecule has 2 N–H and O–H groups in total. The Labute approximate surface area is 176 Å². The number of ketones is 1. The Morgan fingerprint density at radius 2 is 2.10 bits per heavy atom. The molecule has 1 atom stereocenters. The Morgan fingerprint density at radius 3 is 2.87 bits per heavy atom. The lowest BCUT2D eigenvalue weighted by atomic mass is 10.0. The van der Waals surface area contributed by atoms with Crippen LogP contribution in [0.25, 0.3) is 22.2 Å². The van der Waals surface area contributed by atoms with Gasteiger partial charge in [-0.2, -0.15) is 0 Å². The maximum Gasteiger partial charge on any atom is 0.223 e. The average molecular weight is 409 g/mol. The molecule has 1 aromatic carbocycles. The van der Waals surface area contributed by atoms with Gasteiger partial charge in [-0.1, -0.05) is 38.0 Å². The van der Waals surface area contributed by atoms with E-state index in [1.165, 1.54) is 0 Å². The minimum Gasteiger partial charge on any atom is -0.480 e. The molecule has 7 nitrogen and oxygen atoms in total. The van der Waals surface area contributed by atoms with Crippen LogP contribution in [0.2, 0.25) is 0 Å². The number of Topliss-reactive ketones (excluding diaryl/α,β-unsaturated/α-hetero) is 1. The minimum atomic E-state index is -0.211. The van der Waals surface area contributed by atoms with Crippen LogP contribution in [0, 0.1) is 0 Å². The largest absolute Gasteiger partial charge is 0.480 e. The number of hydrogen-bond donors (Lipinski definition) is 2. The number of fused-ring (bicyclic) bond motifs is 1. The van der Waals surface area contributed by atoms with Gasteiger partial charge in [0.05, 0.1) is 36.1 Å². The number of carbonyl (C=O) groups excluding carboxylic acids is 2. The number of rotatable bonds is 12. The number of aromatic amines is 1. The SMILES string of the molecule is CCC(=O)CCCCC[C@H](NC=O)c1ncc(-c2cc3ccccc3nc2OC)[nH]1. The summed E-state index contributed by atoms with van der Waals surface area (Å²) < 4.78 is 5.49. The maximum absolute atomic E-state index is 11.4. The van der Waals surface area contributed by atoms with Crippen molar-refractivity contribution in [1.29, 1.82) is 0 Å². The molecule has 7 heteroatoms. The topological polar surface area (TPSA) is 97.0 Å². The monoisotopic (exact) mass is 408 g/mol. The van der Waals surface area contributed by atoms with Crippen LogP contribution in [0.3, 0.4) is 0 Å². The van der Waals surface area contributed by atoms with Crippen LogP contribution < -0.4 is 10.1 Å². The fourth-order valence-corrected chi connectivity index (χ4v) is 3.50. The number of nitrogens with one attached hydrogen (secondary N) is 2. The van der Waals surface area contributed by atoms with E-state index < -0.39 is 0 Å². The highest BCUT2D eigenvalue weighted by molar-refractivity contribution is 5.85. The van der Waals surface area contributed by atoms with E-state index in [0.717, 1.165) is 47.8 Å². The van der Waals surface area contributed by atoms with Gasteiger partial charge in [0.25, 0.3) is 0 Å². The van der Waals surface area contributed by atoms with Crippen LogP contribution in [0.1, 0.15) is 57.3 Å². The van der Waals surface area contributed by atoms with E-state index >= 15 is 0 Å². The molecular formula is C23H28N4O3. The molecule has 158 valence electrons. The van der Waals surface area contributed by atoms with Gasteiger partial charge in [-0.05, 0) is 25.0 Å². The summed E-state index contributed by atoms with van der Waals surface area (Å²) in [6.07, 6.45) is 7.13. The van der Waals surface area contributed by atoms with Crippen LogP contribution in [0.4, 0.5) is 0 Å². The zero-order valence-corrected chi connectivity index (χ0v) is 17.5. The molecule has 0 saturated heterocycles. The minimum absolute atomic E-state index is 0.211. The lowest BCUT2D eigenvalue weighted by molar-refractivity contribution is -0.118. The highest BCUT2D eigenvalue weighted by Crippen LogP contribution is 2.31.